The van der Waals surface area contributed by atoms with Gasteiger partial charge in [-0.1, -0.05) is 36.4 Å². The summed E-state index contributed by atoms with van der Waals surface area (Å²) in [7, 11) is -3.39. The monoisotopic (exact) mass is 346 g/mol. The summed E-state index contributed by atoms with van der Waals surface area (Å²) in [6, 6.07) is 14.6. The van der Waals surface area contributed by atoms with E-state index in [1.807, 2.05) is 30.3 Å². The lowest BCUT2D eigenvalue weighted by Crippen LogP contribution is -2.35. The van der Waals surface area contributed by atoms with Crippen LogP contribution in [0.1, 0.15) is 5.56 Å². The van der Waals surface area contributed by atoms with Crippen LogP contribution in [0.15, 0.2) is 59.5 Å². The van der Waals surface area contributed by atoms with Crippen molar-refractivity contribution in [3.05, 3.63) is 70.8 Å². The summed E-state index contributed by atoms with van der Waals surface area (Å²) in [5, 5.41) is 4.22. The molecular formula is C16H18N4O3S. The molecule has 0 saturated heterocycles. The lowest BCUT2D eigenvalue weighted by atomic mass is 10.2. The summed E-state index contributed by atoms with van der Waals surface area (Å²) in [6.07, 6.45) is 2.81. The molecule has 2 aromatic heterocycles. The first kappa shape index (κ1) is 16.4. The number of sulfonamides is 1. The average molecular weight is 346 g/mol. The van der Waals surface area contributed by atoms with Crippen molar-refractivity contribution >= 4 is 15.7 Å². The predicted octanol–water partition coefficient (Wildman–Crippen LogP) is 0.958. The Bertz CT molecular complexity index is 993. The topological polar surface area (TPSA) is 76.7 Å². The molecule has 7 nitrogen and oxygen atoms in total. The zero-order valence-electron chi connectivity index (χ0n) is 13.2. The molecule has 3 rings (SSSR count). The van der Waals surface area contributed by atoms with Crippen LogP contribution in [0.5, 0.6) is 0 Å². The van der Waals surface area contributed by atoms with Crippen molar-refractivity contribution in [3.63, 3.8) is 0 Å². The third-order valence-electron chi connectivity index (χ3n) is 3.72. The van der Waals surface area contributed by atoms with E-state index in [1.54, 1.807) is 24.4 Å². The summed E-state index contributed by atoms with van der Waals surface area (Å²) in [5.74, 6) is 0. The SMILES string of the molecule is CS(=O)(=O)N(CCn1nc2ccccn2c1=O)Cc1ccccc1. The van der Waals surface area contributed by atoms with Gasteiger partial charge in [0.1, 0.15) is 0 Å². The van der Waals surface area contributed by atoms with Crippen LogP contribution in [0.3, 0.4) is 0 Å². The maximum absolute atomic E-state index is 12.2. The Morgan fingerprint density at radius 2 is 1.79 bits per heavy atom. The van der Waals surface area contributed by atoms with Crippen molar-refractivity contribution in [1.29, 1.82) is 0 Å². The number of benzene rings is 1. The van der Waals surface area contributed by atoms with E-state index in [9.17, 15) is 13.2 Å². The summed E-state index contributed by atoms with van der Waals surface area (Å²) in [4.78, 5) is 12.2. The second-order valence-corrected chi connectivity index (χ2v) is 7.50. The Morgan fingerprint density at radius 1 is 1.08 bits per heavy atom. The van der Waals surface area contributed by atoms with Crippen LogP contribution in [0.25, 0.3) is 5.65 Å². The first-order chi connectivity index (χ1) is 11.4. The first-order valence-corrected chi connectivity index (χ1v) is 9.33. The highest BCUT2D eigenvalue weighted by Crippen LogP contribution is 2.08. The van der Waals surface area contributed by atoms with Crippen LogP contribution in [0.4, 0.5) is 0 Å². The Hall–Kier alpha value is -2.45. The van der Waals surface area contributed by atoms with Crippen molar-refractivity contribution in [2.75, 3.05) is 12.8 Å². The molecule has 24 heavy (non-hydrogen) atoms. The standard InChI is InChI=1S/C16H18N4O3S/c1-24(22,23)18(13-14-7-3-2-4-8-14)11-12-20-16(21)19-10-6-5-9-15(19)17-20/h2-10H,11-13H2,1H3. The predicted molar refractivity (Wildman–Crippen MR) is 91.1 cm³/mol. The minimum absolute atomic E-state index is 0.178. The lowest BCUT2D eigenvalue weighted by Gasteiger charge is -2.19. The molecule has 0 aliphatic carbocycles. The maximum Gasteiger partial charge on any atom is 0.350 e. The average Bonchev–Trinajstić information content (AvgIpc) is 2.88. The number of rotatable bonds is 6. The molecular weight excluding hydrogens is 328 g/mol. The van der Waals surface area contributed by atoms with E-state index in [2.05, 4.69) is 5.10 Å². The van der Waals surface area contributed by atoms with E-state index in [-0.39, 0.29) is 25.3 Å². The molecule has 0 aliphatic rings. The minimum Gasteiger partial charge on any atom is -0.250 e. The van der Waals surface area contributed by atoms with Gasteiger partial charge in [0.2, 0.25) is 10.0 Å². The quantitative estimate of drug-likeness (QED) is 0.666. The van der Waals surface area contributed by atoms with Crippen molar-refractivity contribution in [3.8, 4) is 0 Å². The van der Waals surface area contributed by atoms with Crippen LogP contribution in [0.2, 0.25) is 0 Å². The fourth-order valence-electron chi connectivity index (χ4n) is 2.47. The van der Waals surface area contributed by atoms with E-state index in [1.165, 1.54) is 19.6 Å². The molecule has 8 heteroatoms. The second kappa shape index (κ2) is 6.58. The molecule has 0 aliphatic heterocycles. The Balaban J connectivity index is 1.80. The lowest BCUT2D eigenvalue weighted by molar-refractivity contribution is 0.378. The fourth-order valence-corrected chi connectivity index (χ4v) is 3.27. The van der Waals surface area contributed by atoms with Crippen molar-refractivity contribution in [1.82, 2.24) is 18.5 Å². The summed E-state index contributed by atoms with van der Waals surface area (Å²) in [6.45, 7) is 0.639. The Labute approximate surface area is 139 Å². The highest BCUT2D eigenvalue weighted by Gasteiger charge is 2.18. The van der Waals surface area contributed by atoms with Gasteiger partial charge < -0.3 is 0 Å². The van der Waals surface area contributed by atoms with Crippen LogP contribution in [-0.2, 0) is 23.1 Å². The van der Waals surface area contributed by atoms with Gasteiger partial charge in [0.15, 0.2) is 5.65 Å². The van der Waals surface area contributed by atoms with Crippen LogP contribution in [-0.4, -0.2) is 39.7 Å². The number of pyridine rings is 1. The molecule has 0 spiro atoms. The van der Waals surface area contributed by atoms with Crippen molar-refractivity contribution < 1.29 is 8.42 Å². The summed E-state index contributed by atoms with van der Waals surface area (Å²) < 4.78 is 28.1. The molecule has 0 radical (unpaired) electrons. The van der Waals surface area contributed by atoms with Gasteiger partial charge in [0, 0.05) is 19.3 Å². The number of hydrogen-bond acceptors (Lipinski definition) is 4. The molecule has 0 bridgehead atoms. The Morgan fingerprint density at radius 3 is 2.46 bits per heavy atom. The molecule has 0 unspecified atom stereocenters. The molecule has 126 valence electrons. The van der Waals surface area contributed by atoms with Gasteiger partial charge >= 0.3 is 5.69 Å². The van der Waals surface area contributed by atoms with Crippen LogP contribution >= 0.6 is 0 Å². The zero-order valence-corrected chi connectivity index (χ0v) is 14.1. The first-order valence-electron chi connectivity index (χ1n) is 7.48. The van der Waals surface area contributed by atoms with E-state index in [0.717, 1.165) is 5.56 Å². The van der Waals surface area contributed by atoms with Gasteiger partial charge in [-0.2, -0.15) is 4.31 Å². The molecule has 0 atom stereocenters. The molecule has 0 fully saturated rings. The smallest absolute Gasteiger partial charge is 0.250 e. The normalized spacial score (nSPS) is 12.1. The van der Waals surface area contributed by atoms with Gasteiger partial charge in [-0.05, 0) is 17.7 Å². The maximum atomic E-state index is 12.2. The summed E-state index contributed by atoms with van der Waals surface area (Å²) in [5.41, 5.74) is 1.15. The van der Waals surface area contributed by atoms with Gasteiger partial charge in [-0.25, -0.2) is 17.9 Å². The zero-order chi connectivity index (χ0) is 17.2. The largest absolute Gasteiger partial charge is 0.350 e. The van der Waals surface area contributed by atoms with Gasteiger partial charge in [-0.3, -0.25) is 4.40 Å². The van der Waals surface area contributed by atoms with Gasteiger partial charge in [-0.15, -0.1) is 5.10 Å². The minimum atomic E-state index is -3.39. The van der Waals surface area contributed by atoms with Crippen LogP contribution < -0.4 is 5.69 Å². The van der Waals surface area contributed by atoms with Crippen molar-refractivity contribution in [2.45, 2.75) is 13.1 Å². The third-order valence-corrected chi connectivity index (χ3v) is 4.97. The van der Waals surface area contributed by atoms with E-state index < -0.39 is 10.0 Å². The van der Waals surface area contributed by atoms with Crippen LogP contribution in [0, 0.1) is 0 Å². The van der Waals surface area contributed by atoms with Gasteiger partial charge in [0.25, 0.3) is 0 Å². The Kier molecular flexibility index (Phi) is 4.50. The molecule has 0 N–H and O–H groups in total. The molecule has 2 heterocycles. The third kappa shape index (κ3) is 3.55. The fraction of sp³-hybridized carbons (Fsp3) is 0.250. The molecule has 3 aromatic rings. The number of fused-ring (bicyclic) bond motifs is 1. The highest BCUT2D eigenvalue weighted by molar-refractivity contribution is 7.88. The number of aromatic nitrogens is 3. The second-order valence-electron chi connectivity index (χ2n) is 5.52. The molecule has 0 saturated carbocycles. The van der Waals surface area contributed by atoms with Gasteiger partial charge in [0.05, 0.1) is 12.8 Å². The van der Waals surface area contributed by atoms with Crippen molar-refractivity contribution in [2.24, 2.45) is 0 Å². The summed E-state index contributed by atoms with van der Waals surface area (Å²) >= 11 is 0. The highest BCUT2D eigenvalue weighted by atomic mass is 32.2. The van der Waals surface area contributed by atoms with E-state index >= 15 is 0 Å². The number of hydrogen-bond donors (Lipinski definition) is 0. The number of nitrogens with zero attached hydrogens (tertiary/aromatic N) is 4. The van der Waals surface area contributed by atoms with E-state index in [0.29, 0.717) is 5.65 Å². The van der Waals surface area contributed by atoms with E-state index in [4.69, 9.17) is 0 Å². The molecule has 0 amide bonds. The molecule has 1 aromatic carbocycles.